The summed E-state index contributed by atoms with van der Waals surface area (Å²) < 4.78 is 5.80. The summed E-state index contributed by atoms with van der Waals surface area (Å²) in [5, 5.41) is 2.74. The van der Waals surface area contributed by atoms with E-state index in [0.29, 0.717) is 23.5 Å². The number of amides is 3. The number of carbonyl (C=O) groups excluding carboxylic acids is 3. The number of nitrogens with one attached hydrogen (secondary N) is 1. The van der Waals surface area contributed by atoms with Crippen molar-refractivity contribution in [2.75, 3.05) is 16.8 Å². The Morgan fingerprint density at radius 2 is 1.53 bits per heavy atom. The van der Waals surface area contributed by atoms with Gasteiger partial charge in [-0.3, -0.25) is 9.59 Å². The molecular formula is C28H36N2O4. The van der Waals surface area contributed by atoms with Crippen LogP contribution in [0.5, 0.6) is 0 Å². The zero-order valence-electron chi connectivity index (χ0n) is 20.3. The van der Waals surface area contributed by atoms with Gasteiger partial charge in [0.1, 0.15) is 12.0 Å². The van der Waals surface area contributed by atoms with Crippen LogP contribution in [0.4, 0.5) is 16.2 Å². The lowest BCUT2D eigenvalue weighted by Gasteiger charge is -2.18. The molecule has 1 aliphatic heterocycles. The molecule has 2 unspecified atom stereocenters. The van der Waals surface area contributed by atoms with E-state index < -0.39 is 24.0 Å². The highest BCUT2D eigenvalue weighted by Gasteiger charge is 2.45. The summed E-state index contributed by atoms with van der Waals surface area (Å²) in [5.41, 5.74) is 1.56. The number of anilines is 2. The van der Waals surface area contributed by atoms with Crippen molar-refractivity contribution in [2.24, 2.45) is 0 Å². The number of hydrogen-bond donors (Lipinski definition) is 1. The number of hydrogen-bond acceptors (Lipinski definition) is 4. The molecule has 3 amide bonds. The zero-order chi connectivity index (χ0) is 24.3. The van der Waals surface area contributed by atoms with Crippen LogP contribution in [0.25, 0.3) is 0 Å². The SMILES string of the molecule is CCCCCCCCCCOC(C)C(=O)C1C(=O)N(C(=O)Nc2ccccc2)c2ccccc21. The first-order valence-electron chi connectivity index (χ1n) is 12.5. The minimum Gasteiger partial charge on any atom is -0.371 e. The molecule has 0 aromatic heterocycles. The lowest BCUT2D eigenvalue weighted by atomic mass is 9.93. The third kappa shape index (κ3) is 6.54. The van der Waals surface area contributed by atoms with Crippen molar-refractivity contribution in [3.63, 3.8) is 0 Å². The van der Waals surface area contributed by atoms with E-state index in [-0.39, 0.29) is 5.78 Å². The summed E-state index contributed by atoms with van der Waals surface area (Å²) in [6, 6.07) is 15.3. The molecule has 0 radical (unpaired) electrons. The predicted molar refractivity (Wildman–Crippen MR) is 135 cm³/mol. The largest absolute Gasteiger partial charge is 0.371 e. The number of benzene rings is 2. The van der Waals surface area contributed by atoms with Crippen LogP contribution in [0.1, 0.15) is 76.7 Å². The fourth-order valence-electron chi connectivity index (χ4n) is 4.31. The molecular weight excluding hydrogens is 428 g/mol. The molecule has 0 saturated heterocycles. The Kier molecular flexibility index (Phi) is 9.83. The Morgan fingerprint density at radius 3 is 2.24 bits per heavy atom. The molecule has 1 heterocycles. The molecule has 0 bridgehead atoms. The van der Waals surface area contributed by atoms with Crippen molar-refractivity contribution >= 4 is 29.1 Å². The molecule has 2 aromatic carbocycles. The van der Waals surface area contributed by atoms with Gasteiger partial charge >= 0.3 is 6.03 Å². The molecule has 3 rings (SSSR count). The van der Waals surface area contributed by atoms with Crippen LogP contribution < -0.4 is 10.2 Å². The van der Waals surface area contributed by atoms with Crippen LogP contribution in [0.2, 0.25) is 0 Å². The van der Waals surface area contributed by atoms with Gasteiger partial charge in [0, 0.05) is 12.3 Å². The molecule has 0 saturated carbocycles. The van der Waals surface area contributed by atoms with E-state index in [2.05, 4.69) is 12.2 Å². The van der Waals surface area contributed by atoms with Gasteiger partial charge in [0.2, 0.25) is 5.91 Å². The van der Waals surface area contributed by atoms with E-state index in [1.807, 2.05) is 6.07 Å². The molecule has 0 aliphatic carbocycles. The van der Waals surface area contributed by atoms with Crippen molar-refractivity contribution in [1.29, 1.82) is 0 Å². The lowest BCUT2D eigenvalue weighted by molar-refractivity contribution is -0.135. The maximum Gasteiger partial charge on any atom is 0.333 e. The predicted octanol–water partition coefficient (Wildman–Crippen LogP) is 6.46. The monoisotopic (exact) mass is 464 g/mol. The topological polar surface area (TPSA) is 75.7 Å². The highest BCUT2D eigenvalue weighted by atomic mass is 16.5. The number of unbranched alkanes of at least 4 members (excludes halogenated alkanes) is 7. The van der Waals surface area contributed by atoms with Crippen molar-refractivity contribution in [1.82, 2.24) is 0 Å². The van der Waals surface area contributed by atoms with Gasteiger partial charge in [0.05, 0.1) is 5.69 Å². The van der Waals surface area contributed by atoms with Gasteiger partial charge in [0.25, 0.3) is 0 Å². The maximum absolute atomic E-state index is 13.3. The van der Waals surface area contributed by atoms with Crippen LogP contribution in [-0.4, -0.2) is 30.4 Å². The normalized spacial score (nSPS) is 15.8. The first-order valence-corrected chi connectivity index (χ1v) is 12.5. The van der Waals surface area contributed by atoms with Gasteiger partial charge < -0.3 is 10.1 Å². The summed E-state index contributed by atoms with van der Waals surface area (Å²) >= 11 is 0. The van der Waals surface area contributed by atoms with Crippen LogP contribution >= 0.6 is 0 Å². The number of urea groups is 1. The van der Waals surface area contributed by atoms with Crippen molar-refractivity contribution in [3.8, 4) is 0 Å². The fourth-order valence-corrected chi connectivity index (χ4v) is 4.31. The average molecular weight is 465 g/mol. The van der Waals surface area contributed by atoms with Gasteiger partial charge in [-0.15, -0.1) is 0 Å². The number of carbonyl (C=O) groups is 3. The van der Waals surface area contributed by atoms with E-state index in [4.69, 9.17) is 4.74 Å². The minimum atomic E-state index is -1.04. The Morgan fingerprint density at radius 1 is 0.912 bits per heavy atom. The summed E-state index contributed by atoms with van der Waals surface area (Å²) in [6.07, 6.45) is 8.80. The smallest absolute Gasteiger partial charge is 0.333 e. The molecule has 1 N–H and O–H groups in total. The van der Waals surface area contributed by atoms with Crippen LogP contribution in [0, 0.1) is 0 Å². The second-order valence-corrected chi connectivity index (χ2v) is 8.85. The van der Waals surface area contributed by atoms with Gasteiger partial charge in [-0.2, -0.15) is 0 Å². The number of nitrogens with zero attached hydrogens (tertiary/aromatic N) is 1. The minimum absolute atomic E-state index is 0.313. The Balaban J connectivity index is 1.55. The van der Waals surface area contributed by atoms with Crippen LogP contribution in [0.15, 0.2) is 54.6 Å². The molecule has 1 aliphatic rings. The fraction of sp³-hybridized carbons (Fsp3) is 0.464. The van der Waals surface area contributed by atoms with Crippen LogP contribution in [-0.2, 0) is 14.3 Å². The number of ether oxygens (including phenoxy) is 1. The molecule has 2 aromatic rings. The van der Waals surface area contributed by atoms with Crippen molar-refractivity contribution < 1.29 is 19.1 Å². The second-order valence-electron chi connectivity index (χ2n) is 8.85. The summed E-state index contributed by atoms with van der Waals surface area (Å²) in [5.74, 6) is -1.89. The molecule has 2 atom stereocenters. The highest BCUT2D eigenvalue weighted by Crippen LogP contribution is 2.39. The van der Waals surface area contributed by atoms with Crippen molar-refractivity contribution in [3.05, 3.63) is 60.2 Å². The van der Waals surface area contributed by atoms with Gasteiger partial charge in [-0.05, 0) is 37.1 Å². The molecule has 0 fully saturated rings. The molecule has 6 heteroatoms. The number of ketones is 1. The number of fused-ring (bicyclic) bond motifs is 1. The highest BCUT2D eigenvalue weighted by molar-refractivity contribution is 6.29. The van der Waals surface area contributed by atoms with E-state index >= 15 is 0 Å². The van der Waals surface area contributed by atoms with Crippen LogP contribution in [0.3, 0.4) is 0 Å². The molecule has 34 heavy (non-hydrogen) atoms. The third-order valence-electron chi connectivity index (χ3n) is 6.24. The van der Waals surface area contributed by atoms with Gasteiger partial charge in [-0.25, -0.2) is 9.69 Å². The number of rotatable bonds is 13. The van der Waals surface area contributed by atoms with E-state index in [1.165, 1.54) is 38.5 Å². The zero-order valence-corrected chi connectivity index (χ0v) is 20.3. The number of imide groups is 1. The summed E-state index contributed by atoms with van der Waals surface area (Å²) in [6.45, 7) is 4.40. The third-order valence-corrected chi connectivity index (χ3v) is 6.24. The first kappa shape index (κ1) is 25.6. The van der Waals surface area contributed by atoms with E-state index in [9.17, 15) is 14.4 Å². The second kappa shape index (κ2) is 13.0. The molecule has 0 spiro atoms. The van der Waals surface area contributed by atoms with E-state index in [0.717, 1.165) is 17.7 Å². The standard InChI is InChI=1S/C28H36N2O4/c1-3-4-5-6-7-8-9-15-20-34-21(2)26(31)25-23-18-13-14-19-24(23)30(27(25)32)28(33)29-22-16-11-10-12-17-22/h10-14,16-19,21,25H,3-9,15,20H2,1-2H3,(H,29,33). The molecule has 6 nitrogen and oxygen atoms in total. The van der Waals surface area contributed by atoms with Crippen molar-refractivity contribution in [2.45, 2.75) is 77.2 Å². The Bertz CT molecular complexity index is 960. The van der Waals surface area contributed by atoms with Gasteiger partial charge in [0.15, 0.2) is 5.78 Å². The Labute approximate surface area is 202 Å². The maximum atomic E-state index is 13.3. The number of para-hydroxylation sites is 2. The molecule has 182 valence electrons. The van der Waals surface area contributed by atoms with E-state index in [1.54, 1.807) is 55.5 Å². The number of Topliss-reactive ketones (excluding diaryl/α,β-unsaturated/α-hetero) is 1. The summed E-state index contributed by atoms with van der Waals surface area (Å²) in [7, 11) is 0. The first-order chi connectivity index (χ1) is 16.5. The quantitative estimate of drug-likeness (QED) is 0.272. The van der Waals surface area contributed by atoms with Gasteiger partial charge in [-0.1, -0.05) is 88.3 Å². The Hall–Kier alpha value is -2.99. The summed E-state index contributed by atoms with van der Waals surface area (Å²) in [4.78, 5) is 40.5. The average Bonchev–Trinajstić information content (AvgIpc) is 3.14. The lowest BCUT2D eigenvalue weighted by Crippen LogP contribution is -2.41.